The van der Waals surface area contributed by atoms with Gasteiger partial charge in [0.15, 0.2) is 17.4 Å². The molecule has 7 nitrogen and oxygen atoms in total. The number of pyridine rings is 1. The predicted octanol–water partition coefficient (Wildman–Crippen LogP) is 3.57. The maximum absolute atomic E-state index is 14.9. The van der Waals surface area contributed by atoms with Crippen LogP contribution in [-0.2, 0) is 6.42 Å². The molecule has 3 aromatic rings. The first-order valence-corrected chi connectivity index (χ1v) is 12.2. The van der Waals surface area contributed by atoms with Crippen molar-refractivity contribution in [3.05, 3.63) is 59.8 Å². The molecule has 0 radical (unpaired) electrons. The van der Waals surface area contributed by atoms with Crippen molar-refractivity contribution < 1.29 is 13.5 Å². The summed E-state index contributed by atoms with van der Waals surface area (Å²) < 4.78 is 35.3. The summed E-state index contributed by atoms with van der Waals surface area (Å²) >= 11 is 0. The number of aromatic nitrogens is 3. The number of piperidine rings is 1. The van der Waals surface area contributed by atoms with Gasteiger partial charge in [0.05, 0.1) is 36.7 Å². The third-order valence-electron chi connectivity index (χ3n) is 7.04. The Morgan fingerprint density at radius 2 is 1.89 bits per heavy atom. The molecule has 9 heteroatoms. The molecule has 4 aliphatic heterocycles. The third kappa shape index (κ3) is 4.18. The summed E-state index contributed by atoms with van der Waals surface area (Å²) in [6.07, 6.45) is 4.63. The molecule has 3 fully saturated rings. The average molecular weight is 479 g/mol. The molecule has 0 saturated carbocycles. The molecule has 2 atom stereocenters. The highest BCUT2D eigenvalue weighted by atomic mass is 19.1. The standard InChI is InChI=1S/C26H28F2N6O/c1-15(2)34-5-6-35-26-21(27)7-16(8-23(26)34)25-22(28)12-30-24(32-25)10-17-3-4-20(11-29-17)33-13-18-9-19(14-33)31-18/h3-4,7-8,11-12,15,18-19,31H,5-6,9-10,13-14H2,1-2H3. The normalized spacial score (nSPS) is 20.9. The molecular weight excluding hydrogens is 450 g/mol. The van der Waals surface area contributed by atoms with Gasteiger partial charge in [-0.1, -0.05) is 0 Å². The molecule has 0 amide bonds. The fourth-order valence-corrected chi connectivity index (χ4v) is 5.26. The Balaban J connectivity index is 1.25. The lowest BCUT2D eigenvalue weighted by Crippen LogP contribution is -2.67. The van der Waals surface area contributed by atoms with Crippen molar-refractivity contribution >= 4 is 11.4 Å². The Bertz CT molecular complexity index is 1240. The van der Waals surface area contributed by atoms with Crippen molar-refractivity contribution in [1.29, 1.82) is 0 Å². The molecule has 1 aromatic carbocycles. The Labute approximate surface area is 203 Å². The van der Waals surface area contributed by atoms with Crippen LogP contribution >= 0.6 is 0 Å². The summed E-state index contributed by atoms with van der Waals surface area (Å²) in [7, 11) is 0. The van der Waals surface area contributed by atoms with E-state index < -0.39 is 11.6 Å². The molecule has 4 aliphatic rings. The van der Waals surface area contributed by atoms with Gasteiger partial charge in [0.2, 0.25) is 0 Å². The van der Waals surface area contributed by atoms with E-state index in [4.69, 9.17) is 4.74 Å². The Kier molecular flexibility index (Phi) is 5.51. The molecule has 7 rings (SSSR count). The van der Waals surface area contributed by atoms with Crippen LogP contribution in [0.1, 0.15) is 31.8 Å². The molecule has 2 bridgehead atoms. The topological polar surface area (TPSA) is 66.4 Å². The summed E-state index contributed by atoms with van der Waals surface area (Å²) in [5, 5.41) is 3.53. The molecule has 182 valence electrons. The van der Waals surface area contributed by atoms with E-state index in [0.717, 1.165) is 30.7 Å². The second-order valence-electron chi connectivity index (χ2n) is 9.81. The lowest BCUT2D eigenvalue weighted by molar-refractivity contribution is 0.226. The van der Waals surface area contributed by atoms with Gasteiger partial charge < -0.3 is 19.9 Å². The first-order valence-electron chi connectivity index (χ1n) is 12.2. The van der Waals surface area contributed by atoms with Crippen LogP contribution in [0, 0.1) is 11.6 Å². The molecule has 35 heavy (non-hydrogen) atoms. The van der Waals surface area contributed by atoms with Crippen molar-refractivity contribution in [3.8, 4) is 17.0 Å². The largest absolute Gasteiger partial charge is 0.486 e. The fraction of sp³-hybridized carbons (Fsp3) is 0.423. The fourth-order valence-electron chi connectivity index (χ4n) is 5.26. The third-order valence-corrected chi connectivity index (χ3v) is 7.04. The Morgan fingerprint density at radius 3 is 2.60 bits per heavy atom. The maximum atomic E-state index is 14.9. The van der Waals surface area contributed by atoms with Gasteiger partial charge in [0.1, 0.15) is 18.1 Å². The van der Waals surface area contributed by atoms with Gasteiger partial charge in [0.25, 0.3) is 0 Å². The Morgan fingerprint density at radius 1 is 1.09 bits per heavy atom. The number of ether oxygens (including phenoxy) is 1. The molecule has 2 aromatic heterocycles. The van der Waals surface area contributed by atoms with Crippen molar-refractivity contribution in [1.82, 2.24) is 20.3 Å². The number of halogens is 2. The monoisotopic (exact) mass is 478 g/mol. The smallest absolute Gasteiger partial charge is 0.178 e. The number of rotatable bonds is 5. The molecule has 3 saturated heterocycles. The van der Waals surface area contributed by atoms with Crippen LogP contribution < -0.4 is 19.9 Å². The zero-order valence-corrected chi connectivity index (χ0v) is 19.8. The zero-order valence-electron chi connectivity index (χ0n) is 19.8. The number of piperazine rings is 1. The first-order chi connectivity index (χ1) is 16.9. The van der Waals surface area contributed by atoms with Crippen LogP contribution in [0.4, 0.5) is 20.2 Å². The van der Waals surface area contributed by atoms with Crippen LogP contribution in [0.2, 0.25) is 0 Å². The van der Waals surface area contributed by atoms with Crippen LogP contribution in [0.3, 0.4) is 0 Å². The highest BCUT2D eigenvalue weighted by Crippen LogP contribution is 2.39. The van der Waals surface area contributed by atoms with Gasteiger partial charge in [0, 0.05) is 42.5 Å². The van der Waals surface area contributed by atoms with E-state index in [-0.39, 0.29) is 17.5 Å². The minimum Gasteiger partial charge on any atom is -0.486 e. The molecule has 0 spiro atoms. The van der Waals surface area contributed by atoms with Crippen molar-refractivity contribution in [2.45, 2.75) is 44.8 Å². The number of benzene rings is 1. The van der Waals surface area contributed by atoms with Crippen molar-refractivity contribution in [2.75, 3.05) is 36.0 Å². The van der Waals surface area contributed by atoms with Gasteiger partial charge >= 0.3 is 0 Å². The summed E-state index contributed by atoms with van der Waals surface area (Å²) in [4.78, 5) is 17.6. The van der Waals surface area contributed by atoms with Gasteiger partial charge in [-0.05, 0) is 44.5 Å². The van der Waals surface area contributed by atoms with Crippen LogP contribution in [-0.4, -0.2) is 59.3 Å². The van der Waals surface area contributed by atoms with Crippen molar-refractivity contribution in [3.63, 3.8) is 0 Å². The van der Waals surface area contributed by atoms with E-state index in [1.54, 1.807) is 6.07 Å². The van der Waals surface area contributed by atoms with E-state index in [2.05, 4.69) is 36.1 Å². The minimum atomic E-state index is -0.596. The van der Waals surface area contributed by atoms with E-state index in [9.17, 15) is 8.78 Å². The average Bonchev–Trinajstić information content (AvgIpc) is 2.85. The zero-order chi connectivity index (χ0) is 24.1. The molecule has 6 heterocycles. The summed E-state index contributed by atoms with van der Waals surface area (Å²) in [6, 6.07) is 8.36. The van der Waals surface area contributed by atoms with Gasteiger partial charge in [-0.2, -0.15) is 0 Å². The van der Waals surface area contributed by atoms with E-state index in [1.165, 1.54) is 12.5 Å². The molecule has 2 unspecified atom stereocenters. The lowest BCUT2D eigenvalue weighted by atomic mass is 9.91. The number of nitrogens with one attached hydrogen (secondary N) is 1. The second kappa shape index (κ2) is 8.71. The second-order valence-corrected chi connectivity index (χ2v) is 9.81. The number of hydrogen-bond donors (Lipinski definition) is 1. The molecule has 0 aliphatic carbocycles. The highest BCUT2D eigenvalue weighted by Gasteiger charge is 2.36. The van der Waals surface area contributed by atoms with E-state index in [1.807, 2.05) is 26.1 Å². The summed E-state index contributed by atoms with van der Waals surface area (Å²) in [5.74, 6) is -0.485. The number of nitrogens with zero attached hydrogens (tertiary/aromatic N) is 5. The van der Waals surface area contributed by atoms with Gasteiger partial charge in [-0.25, -0.2) is 18.7 Å². The van der Waals surface area contributed by atoms with Crippen LogP contribution in [0.15, 0.2) is 36.7 Å². The Hall–Kier alpha value is -3.33. The maximum Gasteiger partial charge on any atom is 0.178 e. The lowest BCUT2D eigenvalue weighted by Gasteiger charge is -2.49. The highest BCUT2D eigenvalue weighted by molar-refractivity contribution is 5.72. The number of fused-ring (bicyclic) bond motifs is 3. The van der Waals surface area contributed by atoms with Crippen molar-refractivity contribution in [2.24, 2.45) is 0 Å². The van der Waals surface area contributed by atoms with Crippen LogP contribution in [0.5, 0.6) is 5.75 Å². The van der Waals surface area contributed by atoms with E-state index in [0.29, 0.717) is 48.7 Å². The first kappa shape index (κ1) is 22.2. The summed E-state index contributed by atoms with van der Waals surface area (Å²) in [5.41, 5.74) is 2.94. The van der Waals surface area contributed by atoms with Gasteiger partial charge in [-0.3, -0.25) is 4.98 Å². The van der Waals surface area contributed by atoms with Gasteiger partial charge in [-0.15, -0.1) is 0 Å². The summed E-state index contributed by atoms with van der Waals surface area (Å²) in [6.45, 7) is 7.12. The number of anilines is 2. The molecule has 1 N–H and O–H groups in total. The number of hydrogen-bond acceptors (Lipinski definition) is 7. The minimum absolute atomic E-state index is 0.0719. The molecular formula is C26H28F2N6O. The quantitative estimate of drug-likeness (QED) is 0.602. The van der Waals surface area contributed by atoms with Crippen LogP contribution in [0.25, 0.3) is 11.3 Å². The van der Waals surface area contributed by atoms with E-state index >= 15 is 0 Å². The SMILES string of the molecule is CC(C)N1CCOc2c(F)cc(-c3nc(Cc4ccc(N5CC6CC(C5)N6)cn4)ncc3F)cc21. The predicted molar refractivity (Wildman–Crippen MR) is 130 cm³/mol.